The Kier molecular flexibility index (Phi) is 5.27. The molecule has 0 bridgehead atoms. The third-order valence-corrected chi connectivity index (χ3v) is 3.83. The number of sulfone groups is 1. The largest absolute Gasteiger partial charge is 0.410 e. The molecule has 0 fully saturated rings. The minimum absolute atomic E-state index is 0.195. The first-order valence-corrected chi connectivity index (χ1v) is 6.26. The summed E-state index contributed by atoms with van der Waals surface area (Å²) in [6.45, 7) is 3.08. The fourth-order valence-electron chi connectivity index (χ4n) is 1.14. The molecular formula is C8H16N2O4S. The number of hydrogen-bond donors (Lipinski definition) is 2. The number of carbonyl (C=O) groups is 1. The quantitative estimate of drug-likeness (QED) is 0.310. The van der Waals surface area contributed by atoms with Crippen molar-refractivity contribution in [3.63, 3.8) is 0 Å². The van der Waals surface area contributed by atoms with E-state index >= 15 is 0 Å². The summed E-state index contributed by atoms with van der Waals surface area (Å²) in [5.74, 6) is -1.59. The molecule has 15 heavy (non-hydrogen) atoms. The van der Waals surface area contributed by atoms with E-state index in [1.54, 1.807) is 6.92 Å². The molecule has 0 saturated heterocycles. The van der Waals surface area contributed by atoms with Gasteiger partial charge in [-0.3, -0.25) is 4.79 Å². The highest BCUT2D eigenvalue weighted by molar-refractivity contribution is 8.06. The van der Waals surface area contributed by atoms with Crippen LogP contribution < -0.4 is 5.32 Å². The fraction of sp³-hybridized carbons (Fsp3) is 0.750. The van der Waals surface area contributed by atoms with Crippen LogP contribution in [0.4, 0.5) is 0 Å². The summed E-state index contributed by atoms with van der Waals surface area (Å²) in [5, 5.41) is 13.3. The van der Waals surface area contributed by atoms with Crippen molar-refractivity contribution in [2.24, 2.45) is 11.1 Å². The second-order valence-electron chi connectivity index (χ2n) is 2.92. The van der Waals surface area contributed by atoms with Gasteiger partial charge in [0.15, 0.2) is 14.9 Å². The molecule has 1 unspecified atom stereocenters. The average molecular weight is 236 g/mol. The lowest BCUT2D eigenvalue weighted by Gasteiger charge is -2.13. The Balaban J connectivity index is 5.22. The van der Waals surface area contributed by atoms with Gasteiger partial charge in [0.1, 0.15) is 0 Å². The van der Waals surface area contributed by atoms with Crippen LogP contribution in [0.2, 0.25) is 0 Å². The van der Waals surface area contributed by atoms with E-state index in [2.05, 4.69) is 10.5 Å². The Bertz CT molecular complexity index is 348. The number of nitrogens with zero attached hydrogens (tertiary/aromatic N) is 1. The molecule has 0 spiro atoms. The molecule has 0 aliphatic rings. The van der Waals surface area contributed by atoms with E-state index in [0.29, 0.717) is 0 Å². The molecule has 1 atom stereocenters. The summed E-state index contributed by atoms with van der Waals surface area (Å²) >= 11 is 0. The minimum Gasteiger partial charge on any atom is -0.410 e. The number of hydrogen-bond acceptors (Lipinski definition) is 5. The van der Waals surface area contributed by atoms with Crippen molar-refractivity contribution >= 4 is 20.8 Å². The van der Waals surface area contributed by atoms with E-state index in [0.717, 1.165) is 0 Å². The van der Waals surface area contributed by atoms with E-state index in [9.17, 15) is 13.2 Å². The number of oxime groups is 1. The SMILES string of the molecule is CCC(C(=O)NC)/C(=N/O)S(=O)(=O)CC. The Hall–Kier alpha value is -1.11. The zero-order valence-electron chi connectivity index (χ0n) is 9.02. The first kappa shape index (κ1) is 13.9. The second kappa shape index (κ2) is 5.69. The fourth-order valence-corrected chi connectivity index (χ4v) is 2.27. The molecule has 0 aromatic carbocycles. The van der Waals surface area contributed by atoms with Gasteiger partial charge in [0.25, 0.3) is 0 Å². The van der Waals surface area contributed by atoms with E-state index in [-0.39, 0.29) is 12.2 Å². The van der Waals surface area contributed by atoms with E-state index in [1.807, 2.05) is 0 Å². The van der Waals surface area contributed by atoms with Gasteiger partial charge in [0, 0.05) is 7.05 Å². The number of amides is 1. The first-order valence-electron chi connectivity index (χ1n) is 4.60. The van der Waals surface area contributed by atoms with E-state index in [1.165, 1.54) is 14.0 Å². The Morgan fingerprint density at radius 2 is 2.00 bits per heavy atom. The van der Waals surface area contributed by atoms with Gasteiger partial charge < -0.3 is 10.5 Å². The zero-order chi connectivity index (χ0) is 12.1. The highest BCUT2D eigenvalue weighted by Crippen LogP contribution is 2.11. The summed E-state index contributed by atoms with van der Waals surface area (Å²) in [7, 11) is -2.24. The predicted molar refractivity (Wildman–Crippen MR) is 56.5 cm³/mol. The lowest BCUT2D eigenvalue weighted by molar-refractivity contribution is -0.122. The average Bonchev–Trinajstić information content (AvgIpc) is 2.24. The number of carbonyl (C=O) groups excluding carboxylic acids is 1. The predicted octanol–water partition coefficient (Wildman–Crippen LogP) is -0.0190. The Morgan fingerprint density at radius 1 is 1.47 bits per heavy atom. The van der Waals surface area contributed by atoms with Crippen LogP contribution in [-0.2, 0) is 14.6 Å². The van der Waals surface area contributed by atoms with Gasteiger partial charge in [0.2, 0.25) is 5.91 Å². The third-order valence-electron chi connectivity index (χ3n) is 2.07. The van der Waals surface area contributed by atoms with Gasteiger partial charge in [-0.2, -0.15) is 0 Å². The monoisotopic (exact) mass is 236 g/mol. The topological polar surface area (TPSA) is 95.8 Å². The first-order chi connectivity index (χ1) is 6.94. The van der Waals surface area contributed by atoms with Crippen LogP contribution in [-0.4, -0.2) is 37.4 Å². The van der Waals surface area contributed by atoms with Crippen molar-refractivity contribution < 1.29 is 18.4 Å². The van der Waals surface area contributed by atoms with E-state index < -0.39 is 26.7 Å². The van der Waals surface area contributed by atoms with Gasteiger partial charge in [-0.25, -0.2) is 8.42 Å². The van der Waals surface area contributed by atoms with Crippen LogP contribution in [0.3, 0.4) is 0 Å². The molecule has 2 N–H and O–H groups in total. The van der Waals surface area contributed by atoms with E-state index in [4.69, 9.17) is 5.21 Å². The van der Waals surface area contributed by atoms with Crippen molar-refractivity contribution in [3.05, 3.63) is 0 Å². The molecule has 6 nitrogen and oxygen atoms in total. The Labute approximate surface area is 89.3 Å². The highest BCUT2D eigenvalue weighted by Gasteiger charge is 2.31. The van der Waals surface area contributed by atoms with Crippen molar-refractivity contribution in [1.29, 1.82) is 0 Å². The molecule has 0 aliphatic heterocycles. The maximum atomic E-state index is 11.5. The molecule has 0 heterocycles. The molecule has 0 aliphatic carbocycles. The van der Waals surface area contributed by atoms with Crippen LogP contribution in [0.15, 0.2) is 5.16 Å². The minimum atomic E-state index is -3.64. The highest BCUT2D eigenvalue weighted by atomic mass is 32.2. The normalized spacial score (nSPS) is 14.7. The molecule has 0 saturated carbocycles. The molecule has 88 valence electrons. The molecule has 7 heteroatoms. The zero-order valence-corrected chi connectivity index (χ0v) is 9.84. The number of nitrogens with one attached hydrogen (secondary N) is 1. The Morgan fingerprint density at radius 3 is 2.27 bits per heavy atom. The van der Waals surface area contributed by atoms with Gasteiger partial charge in [-0.15, -0.1) is 0 Å². The summed E-state index contributed by atoms with van der Waals surface area (Å²) in [6, 6.07) is 0. The van der Waals surface area contributed by atoms with Gasteiger partial charge in [-0.05, 0) is 6.42 Å². The summed E-state index contributed by atoms with van der Waals surface area (Å²) < 4.78 is 23.0. The lowest BCUT2D eigenvalue weighted by atomic mass is 10.1. The molecule has 0 aromatic heterocycles. The maximum Gasteiger partial charge on any atom is 0.229 e. The van der Waals surface area contributed by atoms with Crippen LogP contribution in [0.25, 0.3) is 0 Å². The summed E-state index contributed by atoms with van der Waals surface area (Å²) in [4.78, 5) is 11.3. The van der Waals surface area contributed by atoms with Crippen LogP contribution in [0, 0.1) is 5.92 Å². The van der Waals surface area contributed by atoms with Crippen molar-refractivity contribution in [2.45, 2.75) is 20.3 Å². The van der Waals surface area contributed by atoms with Gasteiger partial charge in [0.05, 0.1) is 11.7 Å². The third kappa shape index (κ3) is 3.19. The second-order valence-corrected chi connectivity index (χ2v) is 5.14. The summed E-state index contributed by atoms with van der Waals surface area (Å²) in [5.41, 5.74) is 0. The molecule has 0 aromatic rings. The smallest absolute Gasteiger partial charge is 0.229 e. The van der Waals surface area contributed by atoms with Crippen molar-refractivity contribution in [3.8, 4) is 0 Å². The van der Waals surface area contributed by atoms with Crippen LogP contribution in [0.1, 0.15) is 20.3 Å². The standard InChI is InChI=1S/C8H16N2O4S/c1-4-6(7(11)9-3)8(10-12)15(13,14)5-2/h6,12H,4-5H2,1-3H3,(H,9,11)/b10-8-. The van der Waals surface area contributed by atoms with Crippen molar-refractivity contribution in [1.82, 2.24) is 5.32 Å². The molecule has 0 radical (unpaired) electrons. The lowest BCUT2D eigenvalue weighted by Crippen LogP contribution is -2.37. The number of rotatable bonds is 4. The van der Waals surface area contributed by atoms with Crippen LogP contribution in [0.5, 0.6) is 0 Å². The van der Waals surface area contributed by atoms with Crippen LogP contribution >= 0.6 is 0 Å². The van der Waals surface area contributed by atoms with Gasteiger partial charge in [-0.1, -0.05) is 19.0 Å². The maximum absolute atomic E-state index is 11.5. The molecule has 0 rings (SSSR count). The van der Waals surface area contributed by atoms with Crippen molar-refractivity contribution in [2.75, 3.05) is 12.8 Å². The van der Waals surface area contributed by atoms with Gasteiger partial charge >= 0.3 is 0 Å². The molecule has 1 amide bonds. The summed E-state index contributed by atoms with van der Waals surface area (Å²) in [6.07, 6.45) is 0.262. The molecular weight excluding hydrogens is 220 g/mol.